The van der Waals surface area contributed by atoms with Crippen LogP contribution in [0.5, 0.6) is 0 Å². The third-order valence-corrected chi connectivity index (χ3v) is 6.67. The van der Waals surface area contributed by atoms with E-state index in [1.165, 1.54) is 0 Å². The molecule has 2 saturated heterocycles. The fourth-order valence-electron chi connectivity index (χ4n) is 3.36. The van der Waals surface area contributed by atoms with Crippen LogP contribution in [0, 0.1) is 6.92 Å². The number of sulfonamides is 1. The van der Waals surface area contributed by atoms with Crippen molar-refractivity contribution in [2.75, 3.05) is 52.0 Å². The second-order valence-electron chi connectivity index (χ2n) is 6.50. The van der Waals surface area contributed by atoms with Gasteiger partial charge in [0.05, 0.1) is 30.3 Å². The molecule has 2 aliphatic rings. The fourth-order valence-corrected chi connectivity index (χ4v) is 5.14. The van der Waals surface area contributed by atoms with Crippen LogP contribution in [0.4, 0.5) is 5.69 Å². The van der Waals surface area contributed by atoms with E-state index in [2.05, 4.69) is 0 Å². The smallest absolute Gasteiger partial charge is 0.243 e. The van der Waals surface area contributed by atoms with Crippen molar-refractivity contribution in [3.63, 3.8) is 0 Å². The molecule has 2 fully saturated rings. The number of aryl methyl sites for hydroxylation is 1. The molecule has 0 N–H and O–H groups in total. The number of benzene rings is 1. The molecule has 0 amide bonds. The number of nitrogens with zero attached hydrogens (tertiary/aromatic N) is 2. The Morgan fingerprint density at radius 2 is 1.87 bits per heavy atom. The van der Waals surface area contributed by atoms with Crippen LogP contribution in [0.3, 0.4) is 0 Å². The number of hydrogen-bond donors (Lipinski definition) is 0. The molecule has 0 bridgehead atoms. The lowest BCUT2D eigenvalue weighted by atomic mass is 9.99. The average Bonchev–Trinajstić information content (AvgIpc) is 2.96. The summed E-state index contributed by atoms with van der Waals surface area (Å²) in [5.41, 5.74) is 1.41. The Hall–Kier alpha value is -1.15. The summed E-state index contributed by atoms with van der Waals surface area (Å²) in [7, 11) is 0.253. The maximum Gasteiger partial charge on any atom is 0.243 e. The normalized spacial score (nSPS) is 25.9. The Morgan fingerprint density at radius 1 is 1.17 bits per heavy atom. The molecule has 0 aromatic heterocycles. The minimum Gasteiger partial charge on any atom is -0.379 e. The molecular formula is C16H24N2O4S. The maximum absolute atomic E-state index is 13.2. The Labute approximate surface area is 138 Å². The predicted molar refractivity (Wildman–Crippen MR) is 88.4 cm³/mol. The zero-order valence-corrected chi connectivity index (χ0v) is 14.7. The molecule has 7 heteroatoms. The van der Waals surface area contributed by atoms with E-state index in [4.69, 9.17) is 9.47 Å². The Morgan fingerprint density at radius 3 is 2.48 bits per heavy atom. The van der Waals surface area contributed by atoms with Crippen molar-refractivity contribution in [3.8, 4) is 0 Å². The van der Waals surface area contributed by atoms with E-state index in [0.29, 0.717) is 44.3 Å². The molecule has 2 aliphatic heterocycles. The summed E-state index contributed by atoms with van der Waals surface area (Å²) in [4.78, 5) is 2.27. The molecule has 128 valence electrons. The van der Waals surface area contributed by atoms with Gasteiger partial charge in [0.15, 0.2) is 0 Å². The zero-order chi connectivity index (χ0) is 16.7. The first-order chi connectivity index (χ1) is 10.9. The molecule has 3 rings (SSSR count). The van der Waals surface area contributed by atoms with Crippen LogP contribution in [0.2, 0.25) is 0 Å². The minimum absolute atomic E-state index is 0.333. The van der Waals surface area contributed by atoms with Crippen LogP contribution in [0.15, 0.2) is 23.1 Å². The molecular weight excluding hydrogens is 316 g/mol. The first kappa shape index (κ1) is 16.7. The van der Waals surface area contributed by atoms with Crippen LogP contribution in [0.25, 0.3) is 0 Å². The standard InChI is InChI=1S/C16H24N2O4S/c1-13-4-5-14(10-15(13)17(2)3)23(19,20)18-7-9-22-12-16(18)6-8-21-11-16/h4-5,10H,6-9,11-12H2,1-3H3. The molecule has 6 nitrogen and oxygen atoms in total. The molecule has 0 radical (unpaired) electrons. The summed E-state index contributed by atoms with van der Waals surface area (Å²) in [5, 5.41) is 0. The highest BCUT2D eigenvalue weighted by Crippen LogP contribution is 2.35. The summed E-state index contributed by atoms with van der Waals surface area (Å²) >= 11 is 0. The number of hydrogen-bond acceptors (Lipinski definition) is 5. The number of morpholine rings is 1. The van der Waals surface area contributed by atoms with E-state index < -0.39 is 15.6 Å². The Balaban J connectivity index is 2.02. The van der Waals surface area contributed by atoms with Crippen molar-refractivity contribution >= 4 is 15.7 Å². The zero-order valence-electron chi connectivity index (χ0n) is 13.9. The molecule has 1 aromatic rings. The van der Waals surface area contributed by atoms with Gasteiger partial charge >= 0.3 is 0 Å². The van der Waals surface area contributed by atoms with Gasteiger partial charge in [-0.05, 0) is 31.0 Å². The van der Waals surface area contributed by atoms with Crippen LogP contribution in [-0.4, -0.2) is 65.3 Å². The molecule has 1 atom stereocenters. The molecule has 1 spiro atoms. The van der Waals surface area contributed by atoms with Crippen LogP contribution < -0.4 is 4.90 Å². The van der Waals surface area contributed by atoms with Gasteiger partial charge in [-0.3, -0.25) is 0 Å². The monoisotopic (exact) mass is 340 g/mol. The number of anilines is 1. The first-order valence-corrected chi connectivity index (χ1v) is 9.27. The first-order valence-electron chi connectivity index (χ1n) is 7.83. The summed E-state index contributed by atoms with van der Waals surface area (Å²) in [6.07, 6.45) is 0.679. The Bertz CT molecular complexity index is 681. The van der Waals surface area contributed by atoms with Gasteiger partial charge in [0.1, 0.15) is 0 Å². The number of rotatable bonds is 3. The molecule has 0 aliphatic carbocycles. The second kappa shape index (κ2) is 6.05. The van der Waals surface area contributed by atoms with E-state index in [1.54, 1.807) is 16.4 Å². The lowest BCUT2D eigenvalue weighted by molar-refractivity contribution is -0.0293. The Kier molecular flexibility index (Phi) is 4.39. The average molecular weight is 340 g/mol. The van der Waals surface area contributed by atoms with Crippen LogP contribution in [0.1, 0.15) is 12.0 Å². The van der Waals surface area contributed by atoms with Crippen molar-refractivity contribution in [1.29, 1.82) is 0 Å². The van der Waals surface area contributed by atoms with Crippen molar-refractivity contribution in [3.05, 3.63) is 23.8 Å². The highest BCUT2D eigenvalue weighted by Gasteiger charge is 2.49. The van der Waals surface area contributed by atoms with Gasteiger partial charge in [-0.2, -0.15) is 4.31 Å². The van der Waals surface area contributed by atoms with Crippen LogP contribution in [-0.2, 0) is 19.5 Å². The molecule has 1 aromatic carbocycles. The van der Waals surface area contributed by atoms with Crippen molar-refractivity contribution in [2.45, 2.75) is 23.8 Å². The molecule has 23 heavy (non-hydrogen) atoms. The highest BCUT2D eigenvalue weighted by molar-refractivity contribution is 7.89. The fraction of sp³-hybridized carbons (Fsp3) is 0.625. The van der Waals surface area contributed by atoms with E-state index in [0.717, 1.165) is 11.3 Å². The maximum atomic E-state index is 13.2. The van der Waals surface area contributed by atoms with Gasteiger partial charge < -0.3 is 14.4 Å². The van der Waals surface area contributed by atoms with Gasteiger partial charge in [-0.1, -0.05) is 6.07 Å². The molecule has 2 heterocycles. The minimum atomic E-state index is -3.58. The lowest BCUT2D eigenvalue weighted by Gasteiger charge is -2.42. The van der Waals surface area contributed by atoms with E-state index in [1.807, 2.05) is 32.0 Å². The van der Waals surface area contributed by atoms with Crippen LogP contribution >= 0.6 is 0 Å². The molecule has 0 saturated carbocycles. The van der Waals surface area contributed by atoms with Gasteiger partial charge in [-0.25, -0.2) is 8.42 Å². The van der Waals surface area contributed by atoms with E-state index >= 15 is 0 Å². The highest BCUT2D eigenvalue weighted by atomic mass is 32.2. The number of ether oxygens (including phenoxy) is 2. The predicted octanol–water partition coefficient (Wildman–Crippen LogP) is 1.24. The second-order valence-corrected chi connectivity index (χ2v) is 8.36. The summed E-state index contributed by atoms with van der Waals surface area (Å²) in [6.45, 7) is 4.15. The van der Waals surface area contributed by atoms with Crippen molar-refractivity contribution in [2.24, 2.45) is 0 Å². The summed E-state index contributed by atoms with van der Waals surface area (Å²) in [5.74, 6) is 0. The third kappa shape index (κ3) is 2.87. The molecule has 1 unspecified atom stereocenters. The lowest BCUT2D eigenvalue weighted by Crippen LogP contribution is -2.59. The van der Waals surface area contributed by atoms with E-state index in [9.17, 15) is 8.42 Å². The van der Waals surface area contributed by atoms with Crippen molar-refractivity contribution < 1.29 is 17.9 Å². The SMILES string of the molecule is Cc1ccc(S(=O)(=O)N2CCOCC23CCOC3)cc1N(C)C. The van der Waals surface area contributed by atoms with Gasteiger partial charge in [0, 0.05) is 32.9 Å². The topological polar surface area (TPSA) is 59.1 Å². The summed E-state index contributed by atoms with van der Waals surface area (Å²) in [6, 6.07) is 5.31. The largest absolute Gasteiger partial charge is 0.379 e. The van der Waals surface area contributed by atoms with E-state index in [-0.39, 0.29) is 0 Å². The van der Waals surface area contributed by atoms with Gasteiger partial charge in [0.25, 0.3) is 0 Å². The van der Waals surface area contributed by atoms with Crippen molar-refractivity contribution in [1.82, 2.24) is 4.31 Å². The van der Waals surface area contributed by atoms with Gasteiger partial charge in [-0.15, -0.1) is 0 Å². The third-order valence-electron chi connectivity index (χ3n) is 4.67. The quantitative estimate of drug-likeness (QED) is 0.829. The van der Waals surface area contributed by atoms with Gasteiger partial charge in [0.2, 0.25) is 10.0 Å². The summed E-state index contributed by atoms with van der Waals surface area (Å²) < 4.78 is 39.1.